The van der Waals surface area contributed by atoms with Crippen molar-refractivity contribution in [3.05, 3.63) is 30.1 Å². The van der Waals surface area contributed by atoms with Crippen LogP contribution in [0.25, 0.3) is 0 Å². The number of carbonyl (C=O) groups is 2. The van der Waals surface area contributed by atoms with Gasteiger partial charge in [0.2, 0.25) is 11.8 Å². The van der Waals surface area contributed by atoms with Gasteiger partial charge in [0, 0.05) is 44.4 Å². The monoisotopic (exact) mass is 331 g/mol. The van der Waals surface area contributed by atoms with E-state index < -0.39 is 0 Å². The average Bonchev–Trinajstić information content (AvgIpc) is 2.60. The molecule has 1 aromatic rings. The predicted octanol–water partition coefficient (Wildman–Crippen LogP) is 2.70. The zero-order chi connectivity index (χ0) is 17.4. The number of amides is 2. The van der Waals surface area contributed by atoms with Crippen molar-refractivity contribution in [1.29, 1.82) is 0 Å². The van der Waals surface area contributed by atoms with Gasteiger partial charge in [-0.05, 0) is 37.8 Å². The van der Waals surface area contributed by atoms with Gasteiger partial charge in [0.15, 0.2) is 0 Å². The molecule has 1 aromatic heterocycles. The minimum atomic E-state index is -0.0585. The number of nitrogens with one attached hydrogen (secondary N) is 1. The van der Waals surface area contributed by atoms with E-state index in [9.17, 15) is 9.59 Å². The van der Waals surface area contributed by atoms with Crippen LogP contribution < -0.4 is 5.32 Å². The highest BCUT2D eigenvalue weighted by molar-refractivity contribution is 5.83. The highest BCUT2D eigenvalue weighted by atomic mass is 16.2. The van der Waals surface area contributed by atoms with Crippen molar-refractivity contribution < 1.29 is 9.59 Å². The SMILES string of the molecule is CC(Cc1cccnc1)NC(=O)CCC(=O)N(C)C1CCCCC1. The zero-order valence-corrected chi connectivity index (χ0v) is 14.8. The van der Waals surface area contributed by atoms with Crippen LogP contribution in [-0.2, 0) is 16.0 Å². The number of hydrogen-bond acceptors (Lipinski definition) is 3. The van der Waals surface area contributed by atoms with Crippen LogP contribution in [0.1, 0.15) is 57.4 Å². The highest BCUT2D eigenvalue weighted by Crippen LogP contribution is 2.22. The third-order valence-corrected chi connectivity index (χ3v) is 4.75. The number of aromatic nitrogens is 1. The van der Waals surface area contributed by atoms with Crippen LogP contribution in [0.15, 0.2) is 24.5 Å². The summed E-state index contributed by atoms with van der Waals surface area (Å²) in [5, 5.41) is 2.96. The topological polar surface area (TPSA) is 62.3 Å². The normalized spacial score (nSPS) is 16.4. The summed E-state index contributed by atoms with van der Waals surface area (Å²) >= 11 is 0. The molecule has 0 radical (unpaired) electrons. The Hall–Kier alpha value is -1.91. The summed E-state index contributed by atoms with van der Waals surface area (Å²) in [6.45, 7) is 1.97. The van der Waals surface area contributed by atoms with Crippen LogP contribution in [0.4, 0.5) is 0 Å². The minimum Gasteiger partial charge on any atom is -0.353 e. The van der Waals surface area contributed by atoms with E-state index in [4.69, 9.17) is 0 Å². The van der Waals surface area contributed by atoms with E-state index in [0.29, 0.717) is 12.5 Å². The lowest BCUT2D eigenvalue weighted by atomic mass is 9.94. The standard InChI is InChI=1S/C19H29N3O2/c1-15(13-16-7-6-12-20-14-16)21-18(23)10-11-19(24)22(2)17-8-4-3-5-9-17/h6-7,12,14-15,17H,3-5,8-11,13H2,1-2H3,(H,21,23). The molecule has 0 aliphatic heterocycles. The number of carbonyl (C=O) groups excluding carboxylic acids is 2. The molecule has 1 aliphatic carbocycles. The molecule has 0 saturated heterocycles. The first kappa shape index (κ1) is 18.4. The van der Waals surface area contributed by atoms with Gasteiger partial charge in [-0.2, -0.15) is 0 Å². The maximum atomic E-state index is 12.3. The van der Waals surface area contributed by atoms with Gasteiger partial charge in [-0.25, -0.2) is 0 Å². The molecule has 1 N–H and O–H groups in total. The lowest BCUT2D eigenvalue weighted by Gasteiger charge is -2.31. The second-order valence-corrected chi connectivity index (χ2v) is 6.83. The lowest BCUT2D eigenvalue weighted by molar-refractivity contribution is -0.134. The fourth-order valence-corrected chi connectivity index (χ4v) is 3.34. The Labute approximate surface area is 144 Å². The van der Waals surface area contributed by atoms with Crippen LogP contribution >= 0.6 is 0 Å². The fraction of sp³-hybridized carbons (Fsp3) is 0.632. The number of nitrogens with zero attached hydrogens (tertiary/aromatic N) is 2. The van der Waals surface area contributed by atoms with E-state index in [1.807, 2.05) is 37.2 Å². The molecular formula is C19H29N3O2. The Morgan fingerprint density at radius 3 is 2.71 bits per heavy atom. The van der Waals surface area contributed by atoms with Gasteiger partial charge in [0.25, 0.3) is 0 Å². The summed E-state index contributed by atoms with van der Waals surface area (Å²) in [5.41, 5.74) is 1.10. The zero-order valence-electron chi connectivity index (χ0n) is 14.8. The molecule has 1 aliphatic rings. The van der Waals surface area contributed by atoms with Crippen molar-refractivity contribution in [2.45, 2.75) is 70.4 Å². The first-order valence-electron chi connectivity index (χ1n) is 9.00. The van der Waals surface area contributed by atoms with Crippen molar-refractivity contribution in [3.8, 4) is 0 Å². The van der Waals surface area contributed by atoms with E-state index >= 15 is 0 Å². The van der Waals surface area contributed by atoms with Gasteiger partial charge in [-0.15, -0.1) is 0 Å². The van der Waals surface area contributed by atoms with Crippen LogP contribution in [0.2, 0.25) is 0 Å². The summed E-state index contributed by atoms with van der Waals surface area (Å²) in [5.74, 6) is 0.0220. The summed E-state index contributed by atoms with van der Waals surface area (Å²) in [6.07, 6.45) is 10.7. The van der Waals surface area contributed by atoms with Crippen LogP contribution in [-0.4, -0.2) is 40.8 Å². The molecule has 2 amide bonds. The smallest absolute Gasteiger partial charge is 0.223 e. The molecule has 24 heavy (non-hydrogen) atoms. The summed E-state index contributed by atoms with van der Waals surface area (Å²) in [6, 6.07) is 4.29. The lowest BCUT2D eigenvalue weighted by Crippen LogP contribution is -2.39. The van der Waals surface area contributed by atoms with Crippen molar-refractivity contribution in [2.24, 2.45) is 0 Å². The Kier molecular flexibility index (Phi) is 7.22. The first-order valence-corrected chi connectivity index (χ1v) is 9.00. The van der Waals surface area contributed by atoms with E-state index in [0.717, 1.165) is 24.8 Å². The maximum Gasteiger partial charge on any atom is 0.223 e. The molecule has 0 spiro atoms. The van der Waals surface area contributed by atoms with Crippen molar-refractivity contribution in [2.75, 3.05) is 7.05 Å². The molecule has 5 heteroatoms. The second kappa shape index (κ2) is 9.40. The Balaban J connectivity index is 1.69. The largest absolute Gasteiger partial charge is 0.353 e. The van der Waals surface area contributed by atoms with Gasteiger partial charge in [0.1, 0.15) is 0 Å². The number of hydrogen-bond donors (Lipinski definition) is 1. The molecule has 1 atom stereocenters. The maximum absolute atomic E-state index is 12.3. The van der Waals surface area contributed by atoms with Crippen LogP contribution in [0, 0.1) is 0 Å². The van der Waals surface area contributed by atoms with Gasteiger partial charge in [0.05, 0.1) is 0 Å². The molecule has 1 unspecified atom stereocenters. The molecule has 0 bridgehead atoms. The highest BCUT2D eigenvalue weighted by Gasteiger charge is 2.22. The molecule has 0 aromatic carbocycles. The Morgan fingerprint density at radius 2 is 2.04 bits per heavy atom. The van der Waals surface area contributed by atoms with Gasteiger partial charge in [-0.1, -0.05) is 25.3 Å². The molecule has 1 saturated carbocycles. The van der Waals surface area contributed by atoms with E-state index in [-0.39, 0.29) is 24.3 Å². The quantitative estimate of drug-likeness (QED) is 0.835. The predicted molar refractivity (Wildman–Crippen MR) is 94.4 cm³/mol. The molecule has 1 heterocycles. The van der Waals surface area contributed by atoms with E-state index in [2.05, 4.69) is 10.3 Å². The molecule has 1 fully saturated rings. The van der Waals surface area contributed by atoms with Crippen molar-refractivity contribution in [3.63, 3.8) is 0 Å². The van der Waals surface area contributed by atoms with Gasteiger partial charge in [-0.3, -0.25) is 14.6 Å². The molecular weight excluding hydrogens is 302 g/mol. The second-order valence-electron chi connectivity index (χ2n) is 6.83. The van der Waals surface area contributed by atoms with Gasteiger partial charge >= 0.3 is 0 Å². The number of pyridine rings is 1. The van der Waals surface area contributed by atoms with Crippen molar-refractivity contribution in [1.82, 2.24) is 15.2 Å². The Morgan fingerprint density at radius 1 is 1.29 bits per heavy atom. The van der Waals surface area contributed by atoms with Crippen LogP contribution in [0.5, 0.6) is 0 Å². The minimum absolute atomic E-state index is 0.0351. The third kappa shape index (κ3) is 5.95. The molecule has 132 valence electrons. The summed E-state index contributed by atoms with van der Waals surface area (Å²) in [4.78, 5) is 30.2. The van der Waals surface area contributed by atoms with Crippen molar-refractivity contribution >= 4 is 11.8 Å². The van der Waals surface area contributed by atoms with Crippen LogP contribution in [0.3, 0.4) is 0 Å². The average molecular weight is 331 g/mol. The number of rotatable bonds is 7. The van der Waals surface area contributed by atoms with Gasteiger partial charge < -0.3 is 10.2 Å². The summed E-state index contributed by atoms with van der Waals surface area (Å²) in [7, 11) is 1.88. The summed E-state index contributed by atoms with van der Waals surface area (Å²) < 4.78 is 0. The molecule has 5 nitrogen and oxygen atoms in total. The van der Waals surface area contributed by atoms with E-state index in [1.54, 1.807) is 6.20 Å². The first-order chi connectivity index (χ1) is 11.6. The fourth-order valence-electron chi connectivity index (χ4n) is 3.34. The Bertz CT molecular complexity index is 527. The third-order valence-electron chi connectivity index (χ3n) is 4.75. The van der Waals surface area contributed by atoms with E-state index in [1.165, 1.54) is 19.3 Å². The molecule has 2 rings (SSSR count).